The van der Waals surface area contributed by atoms with E-state index in [-0.39, 0.29) is 49.0 Å². The highest BCUT2D eigenvalue weighted by atomic mass is 16.2. The number of hydrogen-bond acceptors (Lipinski definition) is 5. The Balaban J connectivity index is 1.98. The van der Waals surface area contributed by atoms with Crippen molar-refractivity contribution in [1.29, 1.82) is 0 Å². The van der Waals surface area contributed by atoms with Gasteiger partial charge in [-0.05, 0) is 49.1 Å². The largest absolute Gasteiger partial charge is 0.344 e. The molecule has 1 aliphatic rings. The topological polar surface area (TPSA) is 137 Å². The van der Waals surface area contributed by atoms with E-state index in [0.29, 0.717) is 19.3 Å². The predicted octanol–water partition coefficient (Wildman–Crippen LogP) is 3.14. The summed E-state index contributed by atoms with van der Waals surface area (Å²) in [6.07, 6.45) is 1.95. The van der Waals surface area contributed by atoms with Crippen LogP contribution in [0.3, 0.4) is 0 Å². The first-order valence-corrected chi connectivity index (χ1v) is 16.4. The van der Waals surface area contributed by atoms with E-state index in [1.54, 1.807) is 18.9 Å². The van der Waals surface area contributed by atoms with Crippen LogP contribution >= 0.6 is 0 Å². The summed E-state index contributed by atoms with van der Waals surface area (Å²) in [5.74, 6) is -1.80. The molecular weight excluding hydrogens is 582 g/mol. The molecule has 0 radical (unpaired) electrons. The van der Waals surface area contributed by atoms with Crippen molar-refractivity contribution in [2.75, 3.05) is 7.05 Å². The van der Waals surface area contributed by atoms with Crippen molar-refractivity contribution in [3.63, 3.8) is 0 Å². The fourth-order valence-electron chi connectivity index (χ4n) is 5.76. The maximum absolute atomic E-state index is 14.0. The van der Waals surface area contributed by atoms with Gasteiger partial charge < -0.3 is 26.2 Å². The van der Waals surface area contributed by atoms with Crippen LogP contribution < -0.4 is 21.3 Å². The lowest BCUT2D eigenvalue weighted by Gasteiger charge is -2.33. The summed E-state index contributed by atoms with van der Waals surface area (Å²) >= 11 is 0. The summed E-state index contributed by atoms with van der Waals surface area (Å²) in [7, 11) is 1.71. The molecule has 0 saturated carbocycles. The third kappa shape index (κ3) is 11.3. The lowest BCUT2D eigenvalue weighted by molar-refractivity contribution is -0.138. The zero-order valence-corrected chi connectivity index (χ0v) is 28.0. The molecule has 0 bridgehead atoms. The number of carbonyl (C=O) groups excluding carboxylic acids is 5. The molecule has 0 unspecified atom stereocenters. The van der Waals surface area contributed by atoms with Gasteiger partial charge in [-0.15, -0.1) is 0 Å². The van der Waals surface area contributed by atoms with Gasteiger partial charge in [-0.3, -0.25) is 24.0 Å². The van der Waals surface area contributed by atoms with Gasteiger partial charge in [0.15, 0.2) is 0 Å². The summed E-state index contributed by atoms with van der Waals surface area (Å²) in [5, 5.41) is 11.4. The van der Waals surface area contributed by atoms with E-state index >= 15 is 0 Å². The van der Waals surface area contributed by atoms with Gasteiger partial charge in [0.1, 0.15) is 24.2 Å². The Kier molecular flexibility index (Phi) is 13.8. The smallest absolute Gasteiger partial charge is 0.245 e. The van der Waals surface area contributed by atoms with Crippen LogP contribution in [0.5, 0.6) is 0 Å². The molecular formula is C36H51N5O5. The second-order valence-electron chi connectivity index (χ2n) is 13.3. The van der Waals surface area contributed by atoms with Crippen molar-refractivity contribution in [2.24, 2.45) is 11.8 Å². The first-order chi connectivity index (χ1) is 21.8. The molecule has 5 amide bonds. The highest BCUT2D eigenvalue weighted by molar-refractivity contribution is 5.95. The Morgan fingerprint density at radius 2 is 1.15 bits per heavy atom. The van der Waals surface area contributed by atoms with E-state index in [9.17, 15) is 24.0 Å². The summed E-state index contributed by atoms with van der Waals surface area (Å²) < 4.78 is 0. The second-order valence-corrected chi connectivity index (χ2v) is 13.3. The van der Waals surface area contributed by atoms with Gasteiger partial charge in [0, 0.05) is 32.4 Å². The van der Waals surface area contributed by atoms with Gasteiger partial charge in [-0.2, -0.15) is 0 Å². The van der Waals surface area contributed by atoms with E-state index in [1.165, 1.54) is 0 Å². The average molecular weight is 634 g/mol. The van der Waals surface area contributed by atoms with E-state index in [1.807, 2.05) is 74.5 Å². The lowest BCUT2D eigenvalue weighted by atomic mass is 9.96. The third-order valence-electron chi connectivity index (χ3n) is 8.27. The van der Waals surface area contributed by atoms with Crippen LogP contribution in [0.4, 0.5) is 0 Å². The van der Waals surface area contributed by atoms with Gasteiger partial charge >= 0.3 is 0 Å². The molecule has 10 heteroatoms. The van der Waals surface area contributed by atoms with E-state index < -0.39 is 41.9 Å². The van der Waals surface area contributed by atoms with Gasteiger partial charge in [0.05, 0.1) is 0 Å². The molecule has 3 rings (SSSR count). The molecule has 0 spiro atoms. The Bertz CT molecular complexity index is 1320. The van der Waals surface area contributed by atoms with E-state index in [0.717, 1.165) is 11.1 Å². The van der Waals surface area contributed by atoms with Crippen LogP contribution in [0.2, 0.25) is 0 Å². The molecule has 0 aromatic heterocycles. The maximum atomic E-state index is 14.0. The van der Waals surface area contributed by atoms with Crippen LogP contribution in [-0.2, 0) is 36.8 Å². The Labute approximate surface area is 273 Å². The van der Waals surface area contributed by atoms with Gasteiger partial charge in [0.25, 0.3) is 0 Å². The van der Waals surface area contributed by atoms with Crippen LogP contribution in [0.15, 0.2) is 60.7 Å². The molecule has 2 aromatic rings. The number of carbonyl (C=O) groups is 5. The predicted molar refractivity (Wildman–Crippen MR) is 178 cm³/mol. The number of amides is 5. The molecule has 10 nitrogen and oxygen atoms in total. The molecule has 1 aliphatic heterocycles. The summed E-state index contributed by atoms with van der Waals surface area (Å²) in [5.41, 5.74) is 1.73. The van der Waals surface area contributed by atoms with Crippen molar-refractivity contribution in [3.8, 4) is 0 Å². The van der Waals surface area contributed by atoms with Gasteiger partial charge in [0.2, 0.25) is 29.5 Å². The zero-order chi connectivity index (χ0) is 33.8. The monoisotopic (exact) mass is 633 g/mol. The average Bonchev–Trinajstić information content (AvgIpc) is 3.01. The summed E-state index contributed by atoms with van der Waals surface area (Å²) in [6.45, 7) is 9.55. The van der Waals surface area contributed by atoms with Crippen LogP contribution in [0.25, 0.3) is 0 Å². The Morgan fingerprint density at radius 1 is 0.652 bits per heavy atom. The standard InChI is InChI=1S/C36H51N5O5/c1-23(2)19-28-17-18-32(42)38-30(21-26-13-9-7-10-14-26)35(45)39-29(20-24(3)4)34(44)37-25(5)33(43)40-31(36(46)41(28)6)22-27-15-11-8-12-16-27/h7-16,23-25,28-31H,17-22H2,1-6H3,(H,37,44)(H,38,42)(H,39,45)(H,40,43)/t25-,28-,29-,30-,31-/m0/s1. The fourth-order valence-corrected chi connectivity index (χ4v) is 5.76. The SMILES string of the molecule is CC(C)C[C@@H]1CCC(=O)N[C@@H](Cc2ccccc2)C(=O)N[C@@H](CC(C)C)C(=O)N[C@@H](C)C(=O)N[C@@H](Cc2ccccc2)C(=O)N1C. The molecule has 5 atom stereocenters. The molecule has 1 saturated heterocycles. The highest BCUT2D eigenvalue weighted by Crippen LogP contribution is 2.18. The van der Waals surface area contributed by atoms with Crippen molar-refractivity contribution in [2.45, 2.75) is 103 Å². The molecule has 4 N–H and O–H groups in total. The Hall–Kier alpha value is -4.21. The van der Waals surface area contributed by atoms with Crippen molar-refractivity contribution in [1.82, 2.24) is 26.2 Å². The zero-order valence-electron chi connectivity index (χ0n) is 28.0. The highest BCUT2D eigenvalue weighted by Gasteiger charge is 2.33. The van der Waals surface area contributed by atoms with E-state index in [2.05, 4.69) is 35.1 Å². The molecule has 250 valence electrons. The fraction of sp³-hybridized carbons (Fsp3) is 0.528. The quantitative estimate of drug-likeness (QED) is 0.354. The molecule has 1 fully saturated rings. The minimum absolute atomic E-state index is 0.0535. The molecule has 0 aliphatic carbocycles. The lowest BCUT2D eigenvalue weighted by Crippen LogP contribution is -2.58. The van der Waals surface area contributed by atoms with Crippen LogP contribution in [0, 0.1) is 11.8 Å². The molecule has 46 heavy (non-hydrogen) atoms. The number of nitrogens with zero attached hydrogens (tertiary/aromatic N) is 1. The second kappa shape index (κ2) is 17.5. The maximum Gasteiger partial charge on any atom is 0.245 e. The first kappa shape index (κ1) is 36.3. The number of nitrogens with one attached hydrogen (secondary N) is 4. The van der Waals surface area contributed by atoms with Crippen LogP contribution in [-0.4, -0.2) is 71.7 Å². The normalized spacial score (nSPS) is 24.2. The van der Waals surface area contributed by atoms with Crippen molar-refractivity contribution < 1.29 is 24.0 Å². The summed E-state index contributed by atoms with van der Waals surface area (Å²) in [6, 6.07) is 14.8. The van der Waals surface area contributed by atoms with Crippen LogP contribution in [0.1, 0.15) is 71.4 Å². The number of rotatable bonds is 8. The number of hydrogen-bond donors (Lipinski definition) is 4. The van der Waals surface area contributed by atoms with Gasteiger partial charge in [-0.1, -0.05) is 88.4 Å². The number of benzene rings is 2. The first-order valence-electron chi connectivity index (χ1n) is 16.4. The third-order valence-corrected chi connectivity index (χ3v) is 8.27. The van der Waals surface area contributed by atoms with Crippen molar-refractivity contribution in [3.05, 3.63) is 71.8 Å². The van der Waals surface area contributed by atoms with Gasteiger partial charge in [-0.25, -0.2) is 0 Å². The minimum Gasteiger partial charge on any atom is -0.344 e. The molecule has 1 heterocycles. The number of likely N-dealkylation sites (N-methyl/N-ethyl adjacent to an activating group) is 1. The minimum atomic E-state index is -0.975. The summed E-state index contributed by atoms with van der Waals surface area (Å²) in [4.78, 5) is 69.7. The van der Waals surface area contributed by atoms with Crippen molar-refractivity contribution >= 4 is 29.5 Å². The van der Waals surface area contributed by atoms with E-state index in [4.69, 9.17) is 0 Å². The Morgan fingerprint density at radius 3 is 1.70 bits per heavy atom. The molecule has 2 aromatic carbocycles.